The monoisotopic (exact) mass is 340 g/mol. The molecule has 0 unspecified atom stereocenters. The number of pyridine rings is 1. The van der Waals surface area contributed by atoms with Crippen LogP contribution in [-0.2, 0) is 6.42 Å². The summed E-state index contributed by atoms with van der Waals surface area (Å²) in [6.07, 6.45) is 3.86. The summed E-state index contributed by atoms with van der Waals surface area (Å²) in [6, 6.07) is 5.93. The third-order valence-corrected chi connectivity index (χ3v) is 5.96. The van der Waals surface area contributed by atoms with E-state index in [4.69, 9.17) is 0 Å². The highest BCUT2D eigenvalue weighted by molar-refractivity contribution is 7.18. The van der Waals surface area contributed by atoms with Crippen LogP contribution in [0.1, 0.15) is 16.1 Å². The first-order valence-corrected chi connectivity index (χ1v) is 8.98. The van der Waals surface area contributed by atoms with Crippen molar-refractivity contribution in [2.24, 2.45) is 5.92 Å². The predicted octanol–water partition coefficient (Wildman–Crippen LogP) is 2.74. The number of β-amino-alcohol motifs (C(OH)–C–C–N with tert-alkyl or cyclic N) is 1. The first-order chi connectivity index (χ1) is 11.6. The molecule has 0 bridgehead atoms. The summed E-state index contributed by atoms with van der Waals surface area (Å²) in [7, 11) is 0. The van der Waals surface area contributed by atoms with E-state index in [0.717, 1.165) is 34.7 Å². The smallest absolute Gasteiger partial charge is 0.141 e. The van der Waals surface area contributed by atoms with Gasteiger partial charge in [0.05, 0.1) is 11.5 Å². The topological polar surface area (TPSA) is 62.1 Å². The number of nitrogens with zero attached hydrogens (tertiary/aromatic N) is 4. The minimum atomic E-state index is -0.364. The second-order valence-corrected chi connectivity index (χ2v) is 7.62. The zero-order valence-corrected chi connectivity index (χ0v) is 14.6. The molecule has 1 saturated heterocycles. The van der Waals surface area contributed by atoms with Crippen molar-refractivity contribution >= 4 is 27.4 Å². The normalized spacial score (nSPS) is 20.9. The third-order valence-electron chi connectivity index (χ3n) is 4.85. The van der Waals surface area contributed by atoms with E-state index in [1.165, 1.54) is 10.4 Å². The van der Waals surface area contributed by atoms with Gasteiger partial charge in [-0.15, -0.1) is 11.3 Å². The van der Waals surface area contributed by atoms with Crippen LogP contribution in [0.4, 0.5) is 5.82 Å². The fourth-order valence-electron chi connectivity index (χ4n) is 3.42. The number of thiophene rings is 1. The van der Waals surface area contributed by atoms with Gasteiger partial charge in [0, 0.05) is 35.8 Å². The zero-order chi connectivity index (χ0) is 16.7. The summed E-state index contributed by atoms with van der Waals surface area (Å²) in [5.41, 5.74) is 2.27. The van der Waals surface area contributed by atoms with Crippen molar-refractivity contribution in [2.75, 3.05) is 18.0 Å². The lowest BCUT2D eigenvalue weighted by Crippen LogP contribution is -2.22. The number of anilines is 1. The number of aryl methyl sites for hydroxylation is 2. The molecule has 4 heterocycles. The van der Waals surface area contributed by atoms with E-state index in [9.17, 15) is 5.11 Å². The van der Waals surface area contributed by atoms with Crippen LogP contribution >= 0.6 is 11.3 Å². The summed E-state index contributed by atoms with van der Waals surface area (Å²) in [6.45, 7) is 5.64. The molecule has 0 aromatic carbocycles. The molecule has 124 valence electrons. The van der Waals surface area contributed by atoms with Crippen LogP contribution in [0.3, 0.4) is 0 Å². The van der Waals surface area contributed by atoms with E-state index < -0.39 is 0 Å². The van der Waals surface area contributed by atoms with Crippen molar-refractivity contribution in [1.82, 2.24) is 15.0 Å². The van der Waals surface area contributed by atoms with Crippen molar-refractivity contribution < 1.29 is 5.11 Å². The van der Waals surface area contributed by atoms with Crippen LogP contribution in [0.5, 0.6) is 0 Å². The van der Waals surface area contributed by atoms with E-state index in [1.807, 2.05) is 18.2 Å². The number of aliphatic hydroxyl groups is 1. The maximum absolute atomic E-state index is 10.5. The molecule has 0 aliphatic carbocycles. The predicted molar refractivity (Wildman–Crippen MR) is 96.5 cm³/mol. The molecule has 1 N–H and O–H groups in total. The Kier molecular flexibility index (Phi) is 3.94. The average molecular weight is 340 g/mol. The van der Waals surface area contributed by atoms with Crippen molar-refractivity contribution in [1.29, 1.82) is 0 Å². The highest BCUT2D eigenvalue weighted by Gasteiger charge is 2.33. The summed E-state index contributed by atoms with van der Waals surface area (Å²) >= 11 is 1.71. The van der Waals surface area contributed by atoms with Crippen LogP contribution < -0.4 is 4.90 Å². The molecule has 0 radical (unpaired) electrons. The molecule has 0 spiro atoms. The quantitative estimate of drug-likeness (QED) is 0.794. The van der Waals surface area contributed by atoms with Gasteiger partial charge < -0.3 is 10.0 Å². The van der Waals surface area contributed by atoms with Crippen LogP contribution in [0, 0.1) is 19.8 Å². The summed E-state index contributed by atoms with van der Waals surface area (Å²) in [4.78, 5) is 17.8. The fraction of sp³-hybridized carbons (Fsp3) is 0.389. The molecule has 1 aliphatic heterocycles. The van der Waals surface area contributed by atoms with Crippen molar-refractivity contribution in [2.45, 2.75) is 26.4 Å². The van der Waals surface area contributed by atoms with Gasteiger partial charge in [-0.2, -0.15) is 0 Å². The lowest BCUT2D eigenvalue weighted by molar-refractivity contribution is 0.148. The lowest BCUT2D eigenvalue weighted by atomic mass is 10.00. The SMILES string of the molecule is Cc1sc2ncnc(N3C[C@@H](Cc4ccccn4)[C@H](O)C3)c2c1C. The van der Waals surface area contributed by atoms with Gasteiger partial charge in [-0.05, 0) is 38.0 Å². The largest absolute Gasteiger partial charge is 0.391 e. The fourth-order valence-corrected chi connectivity index (χ4v) is 4.41. The number of rotatable bonds is 3. The van der Waals surface area contributed by atoms with Gasteiger partial charge in [0.25, 0.3) is 0 Å². The summed E-state index contributed by atoms with van der Waals surface area (Å²) < 4.78 is 0. The van der Waals surface area contributed by atoms with Gasteiger partial charge in [-0.1, -0.05) is 6.07 Å². The molecule has 1 fully saturated rings. The highest BCUT2D eigenvalue weighted by atomic mass is 32.1. The molecule has 3 aromatic rings. The number of aromatic nitrogens is 3. The van der Waals surface area contributed by atoms with Gasteiger partial charge in [0.2, 0.25) is 0 Å². The molecule has 4 rings (SSSR count). The molecule has 0 saturated carbocycles. The minimum absolute atomic E-state index is 0.171. The van der Waals surface area contributed by atoms with E-state index in [0.29, 0.717) is 6.54 Å². The lowest BCUT2D eigenvalue weighted by Gasteiger charge is -2.18. The molecule has 2 atom stereocenters. The van der Waals surface area contributed by atoms with E-state index in [-0.39, 0.29) is 12.0 Å². The van der Waals surface area contributed by atoms with Gasteiger partial charge in [-0.25, -0.2) is 9.97 Å². The molecule has 24 heavy (non-hydrogen) atoms. The molecule has 5 nitrogen and oxygen atoms in total. The number of hydrogen-bond donors (Lipinski definition) is 1. The number of hydrogen-bond acceptors (Lipinski definition) is 6. The van der Waals surface area contributed by atoms with Crippen molar-refractivity contribution in [3.05, 3.63) is 46.9 Å². The first kappa shape index (κ1) is 15.5. The Hall–Kier alpha value is -2.05. The van der Waals surface area contributed by atoms with E-state index >= 15 is 0 Å². The van der Waals surface area contributed by atoms with E-state index in [1.54, 1.807) is 23.9 Å². The molecule has 0 amide bonds. The maximum Gasteiger partial charge on any atom is 0.141 e. The number of fused-ring (bicyclic) bond motifs is 1. The molecule has 3 aromatic heterocycles. The Morgan fingerprint density at radius 2 is 2.08 bits per heavy atom. The van der Waals surface area contributed by atoms with Crippen molar-refractivity contribution in [3.8, 4) is 0 Å². The minimum Gasteiger partial charge on any atom is -0.391 e. The maximum atomic E-state index is 10.5. The van der Waals surface area contributed by atoms with Crippen LogP contribution in [0.2, 0.25) is 0 Å². The van der Waals surface area contributed by atoms with Gasteiger partial charge >= 0.3 is 0 Å². The molecule has 1 aliphatic rings. The highest BCUT2D eigenvalue weighted by Crippen LogP contribution is 2.36. The molecule has 6 heteroatoms. The van der Waals surface area contributed by atoms with Crippen LogP contribution in [-0.4, -0.2) is 39.3 Å². The second-order valence-electron chi connectivity index (χ2n) is 6.42. The van der Waals surface area contributed by atoms with Crippen LogP contribution in [0.15, 0.2) is 30.7 Å². The standard InChI is InChI=1S/C18H20N4OS/c1-11-12(2)24-18-16(11)17(20-10-21-18)22-8-13(15(23)9-22)7-14-5-3-4-6-19-14/h3-6,10,13,15,23H,7-9H2,1-2H3/t13-,15-/m1/s1. The first-order valence-electron chi connectivity index (χ1n) is 8.17. The van der Waals surface area contributed by atoms with E-state index in [2.05, 4.69) is 33.7 Å². The Morgan fingerprint density at radius 1 is 1.21 bits per heavy atom. The van der Waals surface area contributed by atoms with Gasteiger partial charge in [0.15, 0.2) is 0 Å². The Bertz CT molecular complexity index is 864. The number of aliphatic hydroxyl groups excluding tert-OH is 1. The second kappa shape index (κ2) is 6.11. The van der Waals surface area contributed by atoms with Crippen LogP contribution in [0.25, 0.3) is 10.2 Å². The Labute approximate surface area is 145 Å². The van der Waals surface area contributed by atoms with Crippen molar-refractivity contribution in [3.63, 3.8) is 0 Å². The Morgan fingerprint density at radius 3 is 2.88 bits per heavy atom. The summed E-state index contributed by atoms with van der Waals surface area (Å²) in [5.74, 6) is 1.12. The third kappa shape index (κ3) is 2.65. The zero-order valence-electron chi connectivity index (χ0n) is 13.8. The van der Waals surface area contributed by atoms with Gasteiger partial charge in [0.1, 0.15) is 17.0 Å². The Balaban J connectivity index is 1.62. The molecular weight excluding hydrogens is 320 g/mol. The average Bonchev–Trinajstić information content (AvgIpc) is 3.09. The van der Waals surface area contributed by atoms with Gasteiger partial charge in [-0.3, -0.25) is 4.98 Å². The molecular formula is C18H20N4OS. The summed E-state index contributed by atoms with van der Waals surface area (Å²) in [5, 5.41) is 11.6.